The maximum Gasteiger partial charge on any atom is 0.321 e. The van der Waals surface area contributed by atoms with Crippen LogP contribution in [0, 0.1) is 5.82 Å². The number of rotatable bonds is 7. The molecule has 0 fully saturated rings. The van der Waals surface area contributed by atoms with Crippen molar-refractivity contribution in [3.05, 3.63) is 46.7 Å². The summed E-state index contributed by atoms with van der Waals surface area (Å²) < 4.78 is 38.2. The van der Waals surface area contributed by atoms with Crippen LogP contribution in [-0.2, 0) is 23.1 Å². The zero-order chi connectivity index (χ0) is 17.6. The van der Waals surface area contributed by atoms with E-state index in [1.54, 1.807) is 24.4 Å². The molecule has 0 unspecified atom stereocenters. The van der Waals surface area contributed by atoms with Crippen LogP contribution in [0.1, 0.15) is 18.2 Å². The third-order valence-electron chi connectivity index (χ3n) is 2.97. The van der Waals surface area contributed by atoms with Crippen LogP contribution in [0.25, 0.3) is 0 Å². The summed E-state index contributed by atoms with van der Waals surface area (Å²) in [6, 6.07) is 5.45. The molecule has 1 aromatic carbocycles. The van der Waals surface area contributed by atoms with Crippen LogP contribution in [0.5, 0.6) is 0 Å². The van der Waals surface area contributed by atoms with Crippen LogP contribution in [-0.4, -0.2) is 25.2 Å². The lowest BCUT2D eigenvalue weighted by Crippen LogP contribution is -2.28. The fourth-order valence-corrected chi connectivity index (χ4v) is 2.98. The van der Waals surface area contributed by atoms with Gasteiger partial charge in [0.25, 0.3) is 0 Å². The number of nitrogens with one attached hydrogen (secondary N) is 3. The van der Waals surface area contributed by atoms with Gasteiger partial charge in [0, 0.05) is 11.9 Å². The summed E-state index contributed by atoms with van der Waals surface area (Å²) in [5.41, 5.74) is 1.15. The minimum atomic E-state index is -3.29. The molecule has 0 aliphatic heterocycles. The number of sulfonamides is 1. The summed E-state index contributed by atoms with van der Waals surface area (Å²) in [4.78, 5) is 15.9. The lowest BCUT2D eigenvalue weighted by atomic mass is 10.2. The average Bonchev–Trinajstić information content (AvgIpc) is 2.99. The zero-order valence-electron chi connectivity index (χ0n) is 12.9. The first-order valence-corrected chi connectivity index (χ1v) is 9.62. The smallest absolute Gasteiger partial charge is 0.321 e. The summed E-state index contributed by atoms with van der Waals surface area (Å²) >= 11 is 1.18. The normalized spacial score (nSPS) is 11.2. The second kappa shape index (κ2) is 8.18. The number of nitrogens with zero attached hydrogens (tertiary/aromatic N) is 1. The second-order valence-electron chi connectivity index (χ2n) is 4.81. The minimum Gasteiger partial charge on any atom is -0.334 e. The number of carbonyl (C=O) groups excluding carboxylic acids is 1. The molecule has 1 aromatic heterocycles. The fourth-order valence-electron chi connectivity index (χ4n) is 1.70. The molecule has 3 N–H and O–H groups in total. The maximum atomic E-state index is 13.0. The Morgan fingerprint density at radius 3 is 2.83 bits per heavy atom. The molecule has 10 heteroatoms. The topological polar surface area (TPSA) is 100 Å². The van der Waals surface area contributed by atoms with E-state index in [2.05, 4.69) is 20.3 Å². The van der Waals surface area contributed by atoms with Crippen molar-refractivity contribution < 1.29 is 17.6 Å². The Morgan fingerprint density at radius 1 is 1.33 bits per heavy atom. The zero-order valence-corrected chi connectivity index (χ0v) is 14.5. The highest BCUT2D eigenvalue weighted by Crippen LogP contribution is 2.15. The number of anilines is 1. The molecule has 0 saturated carbocycles. The molecular weight excluding hydrogens is 355 g/mol. The van der Waals surface area contributed by atoms with E-state index in [4.69, 9.17) is 0 Å². The van der Waals surface area contributed by atoms with Gasteiger partial charge in [0.15, 0.2) is 5.13 Å². The van der Waals surface area contributed by atoms with Crippen molar-refractivity contribution in [3.63, 3.8) is 0 Å². The van der Waals surface area contributed by atoms with Crippen molar-refractivity contribution in [2.45, 2.75) is 20.0 Å². The van der Waals surface area contributed by atoms with E-state index >= 15 is 0 Å². The molecule has 1 heterocycles. The Balaban J connectivity index is 1.82. The van der Waals surface area contributed by atoms with E-state index < -0.39 is 16.1 Å². The second-order valence-corrected chi connectivity index (χ2v) is 7.76. The Hall–Kier alpha value is -2.04. The number of benzene rings is 1. The van der Waals surface area contributed by atoms with Gasteiger partial charge in [-0.15, -0.1) is 11.3 Å². The SMILES string of the molecule is CCS(=O)(=O)NCc1csc(NC(=O)NCc2cccc(F)c2)n1. The highest BCUT2D eigenvalue weighted by Gasteiger charge is 2.10. The summed E-state index contributed by atoms with van der Waals surface area (Å²) in [5.74, 6) is -0.376. The highest BCUT2D eigenvalue weighted by atomic mass is 32.2. The first-order chi connectivity index (χ1) is 11.4. The lowest BCUT2D eigenvalue weighted by Gasteiger charge is -2.05. The molecule has 2 rings (SSSR count). The summed E-state index contributed by atoms with van der Waals surface area (Å²) in [6.07, 6.45) is 0. The highest BCUT2D eigenvalue weighted by molar-refractivity contribution is 7.89. The van der Waals surface area contributed by atoms with Crippen molar-refractivity contribution in [2.24, 2.45) is 0 Å². The Labute approximate surface area is 143 Å². The van der Waals surface area contributed by atoms with E-state index in [1.165, 1.54) is 23.5 Å². The Bertz CT molecular complexity index is 808. The van der Waals surface area contributed by atoms with Crippen LogP contribution >= 0.6 is 11.3 Å². The standard InChI is InChI=1S/C14H17FN4O3S2/c1-2-24(21,22)17-8-12-9-23-14(18-12)19-13(20)16-7-10-4-3-5-11(15)6-10/h3-6,9,17H,2,7-8H2,1H3,(H2,16,18,19,20). The van der Waals surface area contributed by atoms with Crippen LogP contribution in [0.2, 0.25) is 0 Å². The number of thiazole rings is 1. The van der Waals surface area contributed by atoms with Crippen molar-refractivity contribution >= 4 is 32.5 Å². The third-order valence-corrected chi connectivity index (χ3v) is 5.12. The first-order valence-electron chi connectivity index (χ1n) is 7.09. The molecule has 2 amide bonds. The fraction of sp³-hybridized carbons (Fsp3) is 0.286. The lowest BCUT2D eigenvalue weighted by molar-refractivity contribution is 0.251. The van der Waals surface area contributed by atoms with Crippen molar-refractivity contribution in [3.8, 4) is 0 Å². The van der Waals surface area contributed by atoms with E-state index in [0.717, 1.165) is 0 Å². The molecule has 0 radical (unpaired) electrons. The molecular formula is C14H17FN4O3S2. The number of carbonyl (C=O) groups is 1. The predicted octanol–water partition coefficient (Wildman–Crippen LogP) is 2.04. The van der Waals surface area contributed by atoms with Gasteiger partial charge in [-0.05, 0) is 24.6 Å². The number of amides is 2. The van der Waals surface area contributed by atoms with Crippen molar-refractivity contribution in [1.29, 1.82) is 0 Å². The summed E-state index contributed by atoms with van der Waals surface area (Å²) in [7, 11) is -3.29. The van der Waals surface area contributed by atoms with Crippen LogP contribution in [0.4, 0.5) is 14.3 Å². The van der Waals surface area contributed by atoms with Gasteiger partial charge >= 0.3 is 6.03 Å². The van der Waals surface area contributed by atoms with Crippen LogP contribution < -0.4 is 15.4 Å². The number of hydrogen-bond donors (Lipinski definition) is 3. The molecule has 0 atom stereocenters. The summed E-state index contributed by atoms with van der Waals surface area (Å²) in [6.45, 7) is 1.79. The first kappa shape index (κ1) is 18.3. The summed E-state index contributed by atoms with van der Waals surface area (Å²) in [5, 5.41) is 7.13. The molecule has 7 nitrogen and oxygen atoms in total. The Morgan fingerprint density at radius 2 is 2.12 bits per heavy atom. The number of halogens is 1. The van der Waals surface area contributed by atoms with E-state index in [0.29, 0.717) is 16.4 Å². The van der Waals surface area contributed by atoms with Crippen LogP contribution in [0.3, 0.4) is 0 Å². The van der Waals surface area contributed by atoms with Crippen molar-refractivity contribution in [2.75, 3.05) is 11.1 Å². The van der Waals surface area contributed by atoms with E-state index in [9.17, 15) is 17.6 Å². The molecule has 2 aromatic rings. The quantitative estimate of drug-likeness (QED) is 0.692. The predicted molar refractivity (Wildman–Crippen MR) is 90.7 cm³/mol. The van der Waals surface area contributed by atoms with Gasteiger partial charge in [0.05, 0.1) is 18.0 Å². The van der Waals surface area contributed by atoms with E-state index in [-0.39, 0.29) is 24.7 Å². The molecule has 24 heavy (non-hydrogen) atoms. The van der Waals surface area contributed by atoms with Gasteiger partial charge in [-0.25, -0.2) is 27.3 Å². The molecule has 0 bridgehead atoms. The minimum absolute atomic E-state index is 0.00920. The molecule has 0 saturated heterocycles. The number of hydrogen-bond acceptors (Lipinski definition) is 5. The average molecular weight is 372 g/mol. The molecule has 130 valence electrons. The van der Waals surface area contributed by atoms with Crippen LogP contribution in [0.15, 0.2) is 29.6 Å². The van der Waals surface area contributed by atoms with Gasteiger partial charge in [-0.2, -0.15) is 0 Å². The van der Waals surface area contributed by atoms with Gasteiger partial charge in [-0.1, -0.05) is 12.1 Å². The van der Waals surface area contributed by atoms with E-state index in [1.807, 2.05) is 0 Å². The molecule has 0 aliphatic carbocycles. The van der Waals surface area contributed by atoms with Crippen molar-refractivity contribution in [1.82, 2.24) is 15.0 Å². The van der Waals surface area contributed by atoms with Gasteiger partial charge in [0.2, 0.25) is 10.0 Å². The van der Waals surface area contributed by atoms with Gasteiger partial charge in [-0.3, -0.25) is 5.32 Å². The molecule has 0 spiro atoms. The largest absolute Gasteiger partial charge is 0.334 e. The monoisotopic (exact) mass is 372 g/mol. The van der Waals surface area contributed by atoms with Gasteiger partial charge in [0.1, 0.15) is 5.82 Å². The Kier molecular flexibility index (Phi) is 6.23. The number of urea groups is 1. The van der Waals surface area contributed by atoms with Gasteiger partial charge < -0.3 is 5.32 Å². The molecule has 0 aliphatic rings. The maximum absolute atomic E-state index is 13.0. The number of aromatic nitrogens is 1. The third kappa shape index (κ3) is 5.87.